The average Bonchev–Trinajstić information content (AvgIpc) is 2.34. The van der Waals surface area contributed by atoms with Crippen molar-refractivity contribution in [3.05, 3.63) is 0 Å². The fourth-order valence-electron chi connectivity index (χ4n) is 2.12. The summed E-state index contributed by atoms with van der Waals surface area (Å²) < 4.78 is 28.3. The summed E-state index contributed by atoms with van der Waals surface area (Å²) in [5, 5.41) is 9.43. The number of carbonyl (C=O) groups excluding carboxylic acids is 1. The molecular weight excluding hydrogens is 244 g/mol. The first kappa shape index (κ1) is 15.3. The third-order valence-electron chi connectivity index (χ3n) is 3.28. The van der Waals surface area contributed by atoms with Gasteiger partial charge in [-0.05, 0) is 25.7 Å². The molecule has 0 aromatic carbocycles. The van der Waals surface area contributed by atoms with Crippen molar-refractivity contribution in [3.63, 3.8) is 0 Å². The largest absolute Gasteiger partial charge is 0.393 e. The van der Waals surface area contributed by atoms with Crippen LogP contribution in [-0.4, -0.2) is 54.7 Å². The number of rotatable bonds is 6. The zero-order valence-electron chi connectivity index (χ0n) is 10.6. The number of halogens is 2. The molecule has 1 amide bonds. The van der Waals surface area contributed by atoms with Crippen LogP contribution in [0.1, 0.15) is 26.2 Å². The van der Waals surface area contributed by atoms with E-state index in [1.165, 1.54) is 0 Å². The molecule has 0 saturated carbocycles. The number of aliphatic hydroxyl groups excluding tert-OH is 1. The summed E-state index contributed by atoms with van der Waals surface area (Å²) in [5.41, 5.74) is 0. The van der Waals surface area contributed by atoms with Crippen molar-refractivity contribution in [3.8, 4) is 0 Å². The molecule has 1 atom stereocenters. The topological polar surface area (TPSA) is 49.8 Å². The molecule has 0 aromatic heterocycles. The van der Waals surface area contributed by atoms with Crippen molar-refractivity contribution >= 4 is 5.91 Å². The summed E-state index contributed by atoms with van der Waals surface area (Å²) in [7, 11) is 0. The van der Waals surface area contributed by atoms with Crippen LogP contribution in [-0.2, 0) is 9.53 Å². The lowest BCUT2D eigenvalue weighted by molar-refractivity contribution is -0.134. The second kappa shape index (κ2) is 7.63. The quantitative estimate of drug-likeness (QED) is 0.736. The van der Waals surface area contributed by atoms with Gasteiger partial charge in [0, 0.05) is 13.1 Å². The number of hydrogen-bond donors (Lipinski definition) is 1. The van der Waals surface area contributed by atoms with E-state index in [1.54, 1.807) is 11.8 Å². The standard InChI is InChI=1S/C12H21F2NO3/c1-9(16)10-2-5-15(6-3-10)12(17)4-7-18-8-11(13)14/h9-11,16H,2-8H2,1H3. The van der Waals surface area contributed by atoms with Gasteiger partial charge in [-0.3, -0.25) is 4.79 Å². The second-order valence-electron chi connectivity index (χ2n) is 4.67. The van der Waals surface area contributed by atoms with Crippen LogP contribution in [0.5, 0.6) is 0 Å². The number of amides is 1. The van der Waals surface area contributed by atoms with Gasteiger partial charge in [-0.1, -0.05) is 0 Å². The van der Waals surface area contributed by atoms with Crippen molar-refractivity contribution in [2.75, 3.05) is 26.3 Å². The van der Waals surface area contributed by atoms with Crippen LogP contribution in [0.3, 0.4) is 0 Å². The molecule has 0 aliphatic carbocycles. The minimum absolute atomic E-state index is 0.0412. The molecule has 1 N–H and O–H groups in total. The molecule has 0 aromatic rings. The Labute approximate surface area is 106 Å². The van der Waals surface area contributed by atoms with Gasteiger partial charge in [-0.25, -0.2) is 8.78 Å². The van der Waals surface area contributed by atoms with Crippen molar-refractivity contribution in [1.29, 1.82) is 0 Å². The Hall–Kier alpha value is -0.750. The lowest BCUT2D eigenvalue weighted by atomic mass is 9.92. The number of ether oxygens (including phenoxy) is 1. The number of hydrogen-bond acceptors (Lipinski definition) is 3. The highest BCUT2D eigenvalue weighted by Crippen LogP contribution is 2.20. The molecule has 4 nitrogen and oxygen atoms in total. The van der Waals surface area contributed by atoms with E-state index in [-0.39, 0.29) is 31.0 Å². The van der Waals surface area contributed by atoms with Gasteiger partial charge in [0.1, 0.15) is 6.61 Å². The van der Waals surface area contributed by atoms with E-state index in [2.05, 4.69) is 4.74 Å². The van der Waals surface area contributed by atoms with E-state index < -0.39 is 13.0 Å². The third-order valence-corrected chi connectivity index (χ3v) is 3.28. The molecule has 1 fully saturated rings. The average molecular weight is 265 g/mol. The smallest absolute Gasteiger partial charge is 0.261 e. The molecule has 1 rings (SSSR count). The SMILES string of the molecule is CC(O)C1CCN(C(=O)CCOCC(F)F)CC1. The molecular formula is C12H21F2NO3. The first-order valence-electron chi connectivity index (χ1n) is 6.32. The van der Waals surface area contributed by atoms with Gasteiger partial charge in [0.25, 0.3) is 6.43 Å². The molecule has 106 valence electrons. The van der Waals surface area contributed by atoms with Gasteiger partial charge in [0.05, 0.1) is 19.1 Å². The minimum Gasteiger partial charge on any atom is -0.393 e. The molecule has 0 radical (unpaired) electrons. The molecule has 1 unspecified atom stereocenters. The molecule has 0 bridgehead atoms. The maximum atomic E-state index is 11.8. The fourth-order valence-corrected chi connectivity index (χ4v) is 2.12. The van der Waals surface area contributed by atoms with E-state index in [0.717, 1.165) is 12.8 Å². The van der Waals surface area contributed by atoms with Crippen molar-refractivity contribution < 1.29 is 23.4 Å². The van der Waals surface area contributed by atoms with Crippen molar-refractivity contribution in [2.24, 2.45) is 5.92 Å². The van der Waals surface area contributed by atoms with Gasteiger partial charge >= 0.3 is 0 Å². The Morgan fingerprint density at radius 1 is 1.44 bits per heavy atom. The molecule has 6 heteroatoms. The maximum absolute atomic E-state index is 11.8. The van der Waals surface area contributed by atoms with Crippen molar-refractivity contribution in [2.45, 2.75) is 38.7 Å². The number of nitrogens with zero attached hydrogens (tertiary/aromatic N) is 1. The summed E-state index contributed by atoms with van der Waals surface area (Å²) in [6, 6.07) is 0. The Bertz CT molecular complexity index is 254. The zero-order valence-corrected chi connectivity index (χ0v) is 10.6. The lowest BCUT2D eigenvalue weighted by Crippen LogP contribution is -2.41. The summed E-state index contributed by atoms with van der Waals surface area (Å²) in [6.07, 6.45) is -1.09. The van der Waals surface area contributed by atoms with Crippen LogP contribution in [0.2, 0.25) is 0 Å². The van der Waals surface area contributed by atoms with Gasteiger partial charge in [-0.2, -0.15) is 0 Å². The Morgan fingerprint density at radius 2 is 2.06 bits per heavy atom. The van der Waals surface area contributed by atoms with Crippen LogP contribution < -0.4 is 0 Å². The summed E-state index contributed by atoms with van der Waals surface area (Å²) in [6.45, 7) is 2.45. The van der Waals surface area contributed by atoms with E-state index >= 15 is 0 Å². The van der Waals surface area contributed by atoms with E-state index in [9.17, 15) is 18.7 Å². The van der Waals surface area contributed by atoms with E-state index in [0.29, 0.717) is 13.1 Å². The number of piperidine rings is 1. The minimum atomic E-state index is -2.48. The monoisotopic (exact) mass is 265 g/mol. The van der Waals surface area contributed by atoms with E-state index in [1.807, 2.05) is 0 Å². The van der Waals surface area contributed by atoms with E-state index in [4.69, 9.17) is 0 Å². The molecule has 1 aliphatic heterocycles. The predicted molar refractivity (Wildman–Crippen MR) is 62.4 cm³/mol. The Morgan fingerprint density at radius 3 is 2.56 bits per heavy atom. The van der Waals surface area contributed by atoms with Crippen LogP contribution in [0.4, 0.5) is 8.78 Å². The van der Waals surface area contributed by atoms with Gasteiger partial charge < -0.3 is 14.7 Å². The summed E-state index contributed by atoms with van der Waals surface area (Å²) in [4.78, 5) is 13.4. The third kappa shape index (κ3) is 5.27. The molecule has 1 aliphatic rings. The number of aliphatic hydroxyl groups is 1. The van der Waals surface area contributed by atoms with Gasteiger partial charge in [0.2, 0.25) is 5.91 Å². The molecule has 18 heavy (non-hydrogen) atoms. The van der Waals surface area contributed by atoms with Gasteiger partial charge in [0.15, 0.2) is 0 Å². The number of alkyl halides is 2. The summed E-state index contributed by atoms with van der Waals surface area (Å²) in [5.74, 6) is 0.192. The summed E-state index contributed by atoms with van der Waals surface area (Å²) >= 11 is 0. The van der Waals surface area contributed by atoms with Crippen molar-refractivity contribution in [1.82, 2.24) is 4.90 Å². The highest BCUT2D eigenvalue weighted by Gasteiger charge is 2.25. The Balaban J connectivity index is 2.16. The Kier molecular flexibility index (Phi) is 6.49. The number of likely N-dealkylation sites (tertiary alicyclic amines) is 1. The maximum Gasteiger partial charge on any atom is 0.261 e. The highest BCUT2D eigenvalue weighted by molar-refractivity contribution is 5.76. The molecule has 1 heterocycles. The zero-order chi connectivity index (χ0) is 13.5. The number of carbonyl (C=O) groups is 1. The van der Waals surface area contributed by atoms with Crippen LogP contribution in [0.25, 0.3) is 0 Å². The lowest BCUT2D eigenvalue weighted by Gasteiger charge is -2.33. The second-order valence-corrected chi connectivity index (χ2v) is 4.67. The first-order chi connectivity index (χ1) is 8.50. The first-order valence-corrected chi connectivity index (χ1v) is 6.32. The molecule has 0 spiro atoms. The fraction of sp³-hybridized carbons (Fsp3) is 0.917. The van der Waals surface area contributed by atoms with Gasteiger partial charge in [-0.15, -0.1) is 0 Å². The van der Waals surface area contributed by atoms with Crippen LogP contribution in [0.15, 0.2) is 0 Å². The van der Waals surface area contributed by atoms with Crippen LogP contribution in [0, 0.1) is 5.92 Å². The van der Waals surface area contributed by atoms with Crippen LogP contribution >= 0.6 is 0 Å². The predicted octanol–water partition coefficient (Wildman–Crippen LogP) is 1.28. The highest BCUT2D eigenvalue weighted by atomic mass is 19.3. The molecule has 1 saturated heterocycles. The normalized spacial score (nSPS) is 19.3.